The van der Waals surface area contributed by atoms with Gasteiger partial charge in [0.2, 0.25) is 0 Å². The van der Waals surface area contributed by atoms with Gasteiger partial charge in [-0.25, -0.2) is 0 Å². The van der Waals surface area contributed by atoms with Gasteiger partial charge in [-0.15, -0.1) is 0 Å². The molecule has 0 saturated carbocycles. The van der Waals surface area contributed by atoms with Crippen molar-refractivity contribution < 1.29 is 4.74 Å². The van der Waals surface area contributed by atoms with Crippen molar-refractivity contribution in [3.8, 4) is 11.8 Å². The lowest BCUT2D eigenvalue weighted by atomic mass is 10.3. The molecular formula is C9H6I3NO. The van der Waals surface area contributed by atoms with E-state index < -0.39 is 0 Å². The molecule has 0 atom stereocenters. The first kappa shape index (κ1) is 12.8. The van der Waals surface area contributed by atoms with Gasteiger partial charge in [-0.1, -0.05) is 0 Å². The molecule has 0 saturated heterocycles. The van der Waals surface area contributed by atoms with Crippen LogP contribution in [0.2, 0.25) is 0 Å². The van der Waals surface area contributed by atoms with Crippen LogP contribution >= 0.6 is 67.8 Å². The minimum Gasteiger partial charge on any atom is -0.490 e. The lowest BCUT2D eigenvalue weighted by Crippen LogP contribution is -2.00. The molecule has 2 nitrogen and oxygen atoms in total. The highest BCUT2D eigenvalue weighted by molar-refractivity contribution is 14.1. The molecule has 0 aliphatic carbocycles. The average molecular weight is 525 g/mol. The topological polar surface area (TPSA) is 33.0 Å². The molecule has 0 aliphatic heterocycles. The summed E-state index contributed by atoms with van der Waals surface area (Å²) in [5.41, 5.74) is 0. The van der Waals surface area contributed by atoms with Crippen LogP contribution in [0.1, 0.15) is 6.42 Å². The first-order chi connectivity index (χ1) is 6.65. The summed E-state index contributed by atoms with van der Waals surface area (Å²) in [6.45, 7) is 0.461. The fourth-order valence-corrected chi connectivity index (χ4v) is 4.76. The van der Waals surface area contributed by atoms with E-state index in [-0.39, 0.29) is 0 Å². The molecule has 14 heavy (non-hydrogen) atoms. The summed E-state index contributed by atoms with van der Waals surface area (Å²) >= 11 is 6.77. The van der Waals surface area contributed by atoms with Crippen molar-refractivity contribution in [1.82, 2.24) is 0 Å². The quantitative estimate of drug-likeness (QED) is 0.445. The molecule has 0 fully saturated rings. The molecule has 0 radical (unpaired) electrons. The van der Waals surface area contributed by atoms with Crippen molar-refractivity contribution in [2.24, 2.45) is 0 Å². The largest absolute Gasteiger partial charge is 0.490 e. The third-order valence-corrected chi connectivity index (χ3v) is 3.65. The van der Waals surface area contributed by atoms with Crippen LogP contribution in [0.15, 0.2) is 12.1 Å². The minimum atomic E-state index is 0.429. The predicted octanol–water partition coefficient (Wildman–Crippen LogP) is 3.79. The molecule has 0 unspecified atom stereocenters. The van der Waals surface area contributed by atoms with E-state index in [1.54, 1.807) is 0 Å². The molecule has 0 spiro atoms. The minimum absolute atomic E-state index is 0.429. The molecule has 0 aromatic heterocycles. The zero-order chi connectivity index (χ0) is 10.6. The lowest BCUT2D eigenvalue weighted by molar-refractivity contribution is 0.322. The van der Waals surface area contributed by atoms with Crippen molar-refractivity contribution in [3.63, 3.8) is 0 Å². The molecule has 1 aromatic rings. The van der Waals surface area contributed by atoms with E-state index in [0.29, 0.717) is 13.0 Å². The van der Waals surface area contributed by atoms with Crippen molar-refractivity contribution in [3.05, 3.63) is 22.8 Å². The summed E-state index contributed by atoms with van der Waals surface area (Å²) in [6.07, 6.45) is 0.429. The van der Waals surface area contributed by atoms with Crippen LogP contribution in [0, 0.1) is 22.0 Å². The van der Waals surface area contributed by atoms with Gasteiger partial charge in [-0.2, -0.15) is 5.26 Å². The zero-order valence-corrected chi connectivity index (χ0v) is 13.5. The highest BCUT2D eigenvalue weighted by Crippen LogP contribution is 2.29. The molecule has 1 rings (SSSR count). The maximum atomic E-state index is 8.39. The van der Waals surface area contributed by atoms with Gasteiger partial charge in [0.25, 0.3) is 0 Å². The number of rotatable bonds is 3. The summed E-state index contributed by atoms with van der Waals surface area (Å²) in [5, 5.41) is 8.39. The Morgan fingerprint density at radius 3 is 2.29 bits per heavy atom. The summed E-state index contributed by atoms with van der Waals surface area (Å²) < 4.78 is 8.91. The number of ether oxygens (including phenoxy) is 1. The number of hydrogen-bond donors (Lipinski definition) is 0. The van der Waals surface area contributed by atoms with E-state index in [1.807, 2.05) is 0 Å². The summed E-state index contributed by atoms with van der Waals surface area (Å²) in [7, 11) is 0. The first-order valence-electron chi connectivity index (χ1n) is 3.79. The van der Waals surface area contributed by atoms with Crippen LogP contribution in [-0.4, -0.2) is 6.61 Å². The second-order valence-corrected chi connectivity index (χ2v) is 6.03. The first-order valence-corrected chi connectivity index (χ1v) is 7.03. The van der Waals surface area contributed by atoms with Gasteiger partial charge in [0.1, 0.15) is 12.4 Å². The fourth-order valence-electron chi connectivity index (χ4n) is 0.866. The summed E-state index contributed by atoms with van der Waals surface area (Å²) in [6, 6.07) is 6.18. The highest BCUT2D eigenvalue weighted by atomic mass is 127. The van der Waals surface area contributed by atoms with Crippen LogP contribution in [0.5, 0.6) is 5.75 Å². The van der Waals surface area contributed by atoms with Gasteiger partial charge in [0.15, 0.2) is 0 Å². The van der Waals surface area contributed by atoms with E-state index in [9.17, 15) is 0 Å². The van der Waals surface area contributed by atoms with Crippen molar-refractivity contribution in [2.45, 2.75) is 6.42 Å². The molecule has 0 bridgehead atoms. The molecule has 5 heteroatoms. The Labute approximate surface area is 124 Å². The van der Waals surface area contributed by atoms with E-state index in [2.05, 4.69) is 86.0 Å². The van der Waals surface area contributed by atoms with Crippen LogP contribution in [-0.2, 0) is 0 Å². The van der Waals surface area contributed by atoms with Crippen LogP contribution in [0.3, 0.4) is 0 Å². The highest BCUT2D eigenvalue weighted by Gasteiger charge is 2.07. The predicted molar refractivity (Wildman–Crippen MR) is 80.3 cm³/mol. The SMILES string of the molecule is N#CCCOc1c(I)cc(I)cc1I. The second-order valence-electron chi connectivity index (χ2n) is 2.46. The summed E-state index contributed by atoms with van der Waals surface area (Å²) in [5.74, 6) is 0.891. The zero-order valence-electron chi connectivity index (χ0n) is 7.06. The van der Waals surface area contributed by atoms with Crippen LogP contribution in [0.25, 0.3) is 0 Å². The Morgan fingerprint density at radius 1 is 1.21 bits per heavy atom. The van der Waals surface area contributed by atoms with Crippen molar-refractivity contribution in [2.75, 3.05) is 6.61 Å². The number of nitriles is 1. The fraction of sp³-hybridized carbons (Fsp3) is 0.222. The molecule has 74 valence electrons. The number of halogens is 3. The van der Waals surface area contributed by atoms with Crippen molar-refractivity contribution >= 4 is 67.8 Å². The monoisotopic (exact) mass is 525 g/mol. The Kier molecular flexibility index (Phi) is 5.76. The molecule has 0 N–H and O–H groups in total. The van der Waals surface area contributed by atoms with Gasteiger partial charge in [-0.05, 0) is 79.9 Å². The van der Waals surface area contributed by atoms with Gasteiger partial charge < -0.3 is 4.74 Å². The number of nitrogens with zero attached hydrogens (tertiary/aromatic N) is 1. The van der Waals surface area contributed by atoms with Crippen LogP contribution < -0.4 is 4.74 Å². The van der Waals surface area contributed by atoms with Gasteiger partial charge in [0.05, 0.1) is 19.6 Å². The van der Waals surface area contributed by atoms with E-state index in [4.69, 9.17) is 10.00 Å². The molecule has 0 amide bonds. The van der Waals surface area contributed by atoms with E-state index in [0.717, 1.165) is 12.9 Å². The number of benzene rings is 1. The second kappa shape index (κ2) is 6.32. The maximum absolute atomic E-state index is 8.39. The normalized spacial score (nSPS) is 9.57. The van der Waals surface area contributed by atoms with E-state index in [1.165, 1.54) is 3.57 Å². The lowest BCUT2D eigenvalue weighted by Gasteiger charge is -2.09. The Morgan fingerprint density at radius 2 is 1.79 bits per heavy atom. The molecule has 1 aromatic carbocycles. The Balaban J connectivity index is 2.81. The Hall–Kier alpha value is 0.700. The third-order valence-electron chi connectivity index (χ3n) is 1.42. The molecular weight excluding hydrogens is 519 g/mol. The standard InChI is InChI=1S/C9H6I3NO/c10-6-4-7(11)9(8(12)5-6)14-3-1-2-13/h4-5H,1,3H2. The molecule has 0 heterocycles. The van der Waals surface area contributed by atoms with Gasteiger partial charge in [0, 0.05) is 3.57 Å². The maximum Gasteiger partial charge on any atom is 0.146 e. The third kappa shape index (κ3) is 3.69. The Bertz CT molecular complexity index is 350. The number of hydrogen-bond acceptors (Lipinski definition) is 2. The van der Waals surface area contributed by atoms with E-state index >= 15 is 0 Å². The van der Waals surface area contributed by atoms with Gasteiger partial charge >= 0.3 is 0 Å². The van der Waals surface area contributed by atoms with Crippen molar-refractivity contribution in [1.29, 1.82) is 5.26 Å². The average Bonchev–Trinajstić information content (AvgIpc) is 2.09. The van der Waals surface area contributed by atoms with Crippen LogP contribution in [0.4, 0.5) is 0 Å². The smallest absolute Gasteiger partial charge is 0.146 e. The summed E-state index contributed by atoms with van der Waals surface area (Å²) in [4.78, 5) is 0. The van der Waals surface area contributed by atoms with Gasteiger partial charge in [-0.3, -0.25) is 0 Å². The molecule has 0 aliphatic rings.